The Bertz CT molecular complexity index is 535. The maximum absolute atomic E-state index is 10.6. The predicted molar refractivity (Wildman–Crippen MR) is 62.3 cm³/mol. The van der Waals surface area contributed by atoms with Crippen LogP contribution in [0.3, 0.4) is 0 Å². The van der Waals surface area contributed by atoms with Crippen LogP contribution < -0.4 is 0 Å². The summed E-state index contributed by atoms with van der Waals surface area (Å²) >= 11 is 0. The zero-order valence-corrected chi connectivity index (χ0v) is 9.27. The molecular weight excluding hydrogens is 200 g/mol. The van der Waals surface area contributed by atoms with Crippen molar-refractivity contribution in [2.45, 2.75) is 13.8 Å². The van der Waals surface area contributed by atoms with E-state index in [0.29, 0.717) is 17.1 Å². The van der Waals surface area contributed by atoms with Gasteiger partial charge in [-0.3, -0.25) is 4.79 Å². The van der Waals surface area contributed by atoms with E-state index in [4.69, 9.17) is 0 Å². The lowest BCUT2D eigenvalue weighted by Crippen LogP contribution is -1.96. The van der Waals surface area contributed by atoms with E-state index in [1.165, 1.54) is 5.56 Å². The topological polar surface area (TPSA) is 42.9 Å². The average Bonchev–Trinajstić information content (AvgIpc) is 2.29. The first-order valence-electron chi connectivity index (χ1n) is 5.06. The van der Waals surface area contributed by atoms with Gasteiger partial charge in [-0.05, 0) is 19.9 Å². The van der Waals surface area contributed by atoms with E-state index in [-0.39, 0.29) is 0 Å². The Kier molecular flexibility index (Phi) is 2.77. The standard InChI is InChI=1S/C13H12N2O/c1-9-4-3-5-11(6-9)13-14-7-12(8-16)10(2)15-13/h3-8H,1-2H3. The number of hydrogen-bond donors (Lipinski definition) is 0. The van der Waals surface area contributed by atoms with Gasteiger partial charge in [-0.15, -0.1) is 0 Å². The van der Waals surface area contributed by atoms with Crippen LogP contribution in [-0.4, -0.2) is 16.3 Å². The van der Waals surface area contributed by atoms with Crippen molar-refractivity contribution in [2.75, 3.05) is 0 Å². The highest BCUT2D eigenvalue weighted by molar-refractivity contribution is 5.76. The van der Waals surface area contributed by atoms with Crippen molar-refractivity contribution >= 4 is 6.29 Å². The molecule has 0 unspecified atom stereocenters. The van der Waals surface area contributed by atoms with Crippen molar-refractivity contribution in [2.24, 2.45) is 0 Å². The van der Waals surface area contributed by atoms with Crippen LogP contribution in [0.4, 0.5) is 0 Å². The number of benzene rings is 1. The molecule has 0 fully saturated rings. The van der Waals surface area contributed by atoms with Gasteiger partial charge in [0.2, 0.25) is 0 Å². The average molecular weight is 212 g/mol. The lowest BCUT2D eigenvalue weighted by molar-refractivity contribution is 0.112. The van der Waals surface area contributed by atoms with E-state index in [1.807, 2.05) is 38.1 Å². The maximum atomic E-state index is 10.6. The van der Waals surface area contributed by atoms with E-state index < -0.39 is 0 Å². The van der Waals surface area contributed by atoms with Gasteiger partial charge >= 0.3 is 0 Å². The number of aromatic nitrogens is 2. The fourth-order valence-electron chi connectivity index (χ4n) is 1.52. The van der Waals surface area contributed by atoms with Gasteiger partial charge in [0.15, 0.2) is 12.1 Å². The molecule has 2 rings (SSSR count). The number of carbonyl (C=O) groups excluding carboxylic acids is 1. The van der Waals surface area contributed by atoms with Crippen LogP contribution in [0.2, 0.25) is 0 Å². The summed E-state index contributed by atoms with van der Waals surface area (Å²) in [7, 11) is 0. The van der Waals surface area contributed by atoms with Gasteiger partial charge in [0.1, 0.15) is 0 Å². The van der Waals surface area contributed by atoms with Gasteiger partial charge in [0, 0.05) is 11.8 Å². The first-order chi connectivity index (χ1) is 7.70. The summed E-state index contributed by atoms with van der Waals surface area (Å²) in [5.74, 6) is 0.659. The van der Waals surface area contributed by atoms with Gasteiger partial charge in [0.05, 0.1) is 11.3 Å². The van der Waals surface area contributed by atoms with Crippen molar-refractivity contribution < 1.29 is 4.79 Å². The summed E-state index contributed by atoms with van der Waals surface area (Å²) < 4.78 is 0. The van der Waals surface area contributed by atoms with Crippen molar-refractivity contribution in [1.82, 2.24) is 9.97 Å². The quantitative estimate of drug-likeness (QED) is 0.718. The van der Waals surface area contributed by atoms with E-state index in [1.54, 1.807) is 6.20 Å². The first kappa shape index (κ1) is 10.5. The molecule has 0 saturated heterocycles. The fraction of sp³-hybridized carbons (Fsp3) is 0.154. The lowest BCUT2D eigenvalue weighted by atomic mass is 10.1. The second-order valence-corrected chi connectivity index (χ2v) is 3.72. The third-order valence-electron chi connectivity index (χ3n) is 2.42. The maximum Gasteiger partial charge on any atom is 0.159 e. The minimum absolute atomic E-state index is 0.538. The molecule has 16 heavy (non-hydrogen) atoms. The SMILES string of the molecule is Cc1cccc(-c2ncc(C=O)c(C)n2)c1. The van der Waals surface area contributed by atoms with E-state index >= 15 is 0 Å². The Morgan fingerprint density at radius 1 is 1.25 bits per heavy atom. The van der Waals surface area contributed by atoms with Crippen LogP contribution >= 0.6 is 0 Å². The van der Waals surface area contributed by atoms with Crippen LogP contribution in [0.5, 0.6) is 0 Å². The molecule has 1 heterocycles. The molecule has 0 amide bonds. The smallest absolute Gasteiger partial charge is 0.159 e. The molecule has 0 saturated carbocycles. The van der Waals surface area contributed by atoms with E-state index in [9.17, 15) is 4.79 Å². The molecule has 3 nitrogen and oxygen atoms in total. The first-order valence-corrected chi connectivity index (χ1v) is 5.06. The van der Waals surface area contributed by atoms with Gasteiger partial charge in [-0.1, -0.05) is 23.8 Å². The zero-order chi connectivity index (χ0) is 11.5. The van der Waals surface area contributed by atoms with Crippen LogP contribution in [0.25, 0.3) is 11.4 Å². The highest BCUT2D eigenvalue weighted by atomic mass is 16.1. The molecule has 2 aromatic rings. The van der Waals surface area contributed by atoms with Gasteiger partial charge in [-0.25, -0.2) is 9.97 Å². The fourth-order valence-corrected chi connectivity index (χ4v) is 1.52. The number of aryl methyl sites for hydroxylation is 2. The lowest BCUT2D eigenvalue weighted by Gasteiger charge is -2.03. The Morgan fingerprint density at radius 2 is 2.06 bits per heavy atom. The summed E-state index contributed by atoms with van der Waals surface area (Å²) in [5.41, 5.74) is 3.39. The largest absolute Gasteiger partial charge is 0.298 e. The number of aldehydes is 1. The van der Waals surface area contributed by atoms with Crippen molar-refractivity contribution in [1.29, 1.82) is 0 Å². The summed E-state index contributed by atoms with van der Waals surface area (Å²) in [4.78, 5) is 19.1. The molecule has 0 radical (unpaired) electrons. The Hall–Kier alpha value is -2.03. The van der Waals surface area contributed by atoms with Crippen molar-refractivity contribution in [3.05, 3.63) is 47.3 Å². The van der Waals surface area contributed by atoms with Crippen molar-refractivity contribution in [3.8, 4) is 11.4 Å². The molecule has 0 bridgehead atoms. The van der Waals surface area contributed by atoms with Gasteiger partial charge < -0.3 is 0 Å². The summed E-state index contributed by atoms with van der Waals surface area (Å²) in [5, 5.41) is 0. The third kappa shape index (κ3) is 1.98. The Labute approximate surface area is 94.2 Å². The van der Waals surface area contributed by atoms with Crippen molar-refractivity contribution in [3.63, 3.8) is 0 Å². The van der Waals surface area contributed by atoms with Crippen LogP contribution in [0.15, 0.2) is 30.5 Å². The number of carbonyl (C=O) groups is 1. The minimum atomic E-state index is 0.538. The minimum Gasteiger partial charge on any atom is -0.298 e. The van der Waals surface area contributed by atoms with Gasteiger partial charge in [-0.2, -0.15) is 0 Å². The number of nitrogens with zero attached hydrogens (tertiary/aromatic N) is 2. The monoisotopic (exact) mass is 212 g/mol. The molecule has 0 aliphatic rings. The normalized spacial score (nSPS) is 10.1. The third-order valence-corrected chi connectivity index (χ3v) is 2.42. The highest BCUT2D eigenvalue weighted by Crippen LogP contribution is 2.16. The van der Waals surface area contributed by atoms with Gasteiger partial charge in [0.25, 0.3) is 0 Å². The van der Waals surface area contributed by atoms with E-state index in [2.05, 4.69) is 9.97 Å². The summed E-state index contributed by atoms with van der Waals surface area (Å²) in [6.45, 7) is 3.83. The molecule has 0 spiro atoms. The van der Waals surface area contributed by atoms with Crippen LogP contribution in [-0.2, 0) is 0 Å². The molecule has 0 aliphatic heterocycles. The molecule has 1 aromatic carbocycles. The van der Waals surface area contributed by atoms with E-state index in [0.717, 1.165) is 11.8 Å². The number of rotatable bonds is 2. The second kappa shape index (κ2) is 4.23. The Balaban J connectivity index is 2.49. The molecule has 80 valence electrons. The molecule has 0 atom stereocenters. The van der Waals surface area contributed by atoms with Crippen LogP contribution in [0, 0.1) is 13.8 Å². The summed E-state index contributed by atoms with van der Waals surface area (Å²) in [6, 6.07) is 7.98. The molecule has 0 aliphatic carbocycles. The zero-order valence-electron chi connectivity index (χ0n) is 9.27. The number of hydrogen-bond acceptors (Lipinski definition) is 3. The van der Waals surface area contributed by atoms with Crippen LogP contribution in [0.1, 0.15) is 21.6 Å². The summed E-state index contributed by atoms with van der Waals surface area (Å²) in [6.07, 6.45) is 2.34. The molecule has 3 heteroatoms. The Morgan fingerprint density at radius 3 is 2.69 bits per heavy atom. The molecule has 1 aromatic heterocycles. The second-order valence-electron chi connectivity index (χ2n) is 3.72. The molecular formula is C13H12N2O. The highest BCUT2D eigenvalue weighted by Gasteiger charge is 2.04. The predicted octanol–water partition coefficient (Wildman–Crippen LogP) is 2.57. The molecule has 0 N–H and O–H groups in total.